The van der Waals surface area contributed by atoms with Gasteiger partial charge in [0.1, 0.15) is 0 Å². The summed E-state index contributed by atoms with van der Waals surface area (Å²) in [6.45, 7) is 3.28. The molecule has 0 aliphatic heterocycles. The highest BCUT2D eigenvalue weighted by Gasteiger charge is 2.08. The van der Waals surface area contributed by atoms with E-state index in [4.69, 9.17) is 34.8 Å². The highest BCUT2D eigenvalue weighted by atomic mass is 35.5. The molecule has 5 heteroatoms. The summed E-state index contributed by atoms with van der Waals surface area (Å²) in [5.74, 6) is -0.504. The zero-order valence-electron chi connectivity index (χ0n) is 6.98. The second-order valence-corrected chi connectivity index (χ2v) is 3.70. The van der Waals surface area contributed by atoms with Crippen LogP contribution >= 0.6 is 34.8 Å². The van der Waals surface area contributed by atoms with Gasteiger partial charge in [-0.25, -0.2) is 0 Å². The molecule has 0 unspecified atom stereocenters. The summed E-state index contributed by atoms with van der Waals surface area (Å²) in [5.41, 5.74) is 0.408. The molecule has 0 saturated carbocycles. The first-order chi connectivity index (χ1) is 6.52. The molecule has 1 aromatic rings. The predicted octanol–water partition coefficient (Wildman–Crippen LogP) is 3.68. The van der Waals surface area contributed by atoms with E-state index in [1.54, 1.807) is 18.2 Å². The Bertz CT molecular complexity index is 390. The average Bonchev–Trinajstić information content (AvgIpc) is 2.12. The number of benzene rings is 1. The molecule has 0 fully saturated rings. The topological polar surface area (TPSA) is 29.1 Å². The number of hydrogen-bond acceptors (Lipinski definition) is 1. The third kappa shape index (κ3) is 2.64. The summed E-state index contributed by atoms with van der Waals surface area (Å²) in [5, 5.41) is 3.00. The molecule has 1 rings (SSSR count). The number of carbonyl (C=O) groups excluding carboxylic acids is 1. The van der Waals surface area contributed by atoms with Crippen molar-refractivity contribution >= 4 is 46.4 Å². The molecule has 0 saturated heterocycles. The van der Waals surface area contributed by atoms with Crippen molar-refractivity contribution in [2.24, 2.45) is 0 Å². The van der Waals surface area contributed by atoms with E-state index in [0.717, 1.165) is 0 Å². The third-order valence-electron chi connectivity index (χ3n) is 1.45. The van der Waals surface area contributed by atoms with E-state index >= 15 is 0 Å². The van der Waals surface area contributed by atoms with Gasteiger partial charge in [0.25, 0.3) is 5.91 Å². The fraction of sp³-hybridized carbons (Fsp3) is 0. The molecule has 0 spiro atoms. The zero-order chi connectivity index (χ0) is 10.7. The van der Waals surface area contributed by atoms with Crippen molar-refractivity contribution in [3.63, 3.8) is 0 Å². The standard InChI is InChI=1S/C9H6Cl3NO/c1-5(10)9(14)13-7-4-2-3-6(11)8(7)12/h2-4H,1H2,(H,13,14). The molecule has 14 heavy (non-hydrogen) atoms. The summed E-state index contributed by atoms with van der Waals surface area (Å²) in [4.78, 5) is 11.1. The average molecular weight is 251 g/mol. The summed E-state index contributed by atoms with van der Waals surface area (Å²) >= 11 is 16.9. The number of rotatable bonds is 2. The van der Waals surface area contributed by atoms with E-state index in [2.05, 4.69) is 11.9 Å². The Kier molecular flexibility index (Phi) is 3.81. The van der Waals surface area contributed by atoms with Crippen molar-refractivity contribution in [3.8, 4) is 0 Å². The summed E-state index contributed by atoms with van der Waals surface area (Å²) < 4.78 is 0. The maximum absolute atomic E-state index is 11.1. The Morgan fingerprint density at radius 2 is 2.00 bits per heavy atom. The maximum atomic E-state index is 11.1. The first-order valence-electron chi connectivity index (χ1n) is 3.62. The minimum atomic E-state index is -0.504. The molecule has 0 aliphatic carbocycles. The number of amides is 1. The molecule has 0 atom stereocenters. The van der Waals surface area contributed by atoms with E-state index in [1.165, 1.54) is 0 Å². The Morgan fingerprint density at radius 1 is 1.36 bits per heavy atom. The highest BCUT2D eigenvalue weighted by Crippen LogP contribution is 2.29. The van der Waals surface area contributed by atoms with Crippen molar-refractivity contribution in [2.45, 2.75) is 0 Å². The Hall–Kier alpha value is -0.700. The number of nitrogens with one attached hydrogen (secondary N) is 1. The molecular formula is C9H6Cl3NO. The minimum absolute atomic E-state index is 0.110. The molecule has 1 N–H and O–H groups in total. The van der Waals surface area contributed by atoms with Gasteiger partial charge in [-0.3, -0.25) is 4.79 Å². The number of carbonyl (C=O) groups is 1. The third-order valence-corrected chi connectivity index (χ3v) is 2.44. The maximum Gasteiger partial charge on any atom is 0.266 e. The van der Waals surface area contributed by atoms with Crippen LogP contribution in [0.1, 0.15) is 0 Å². The van der Waals surface area contributed by atoms with Gasteiger partial charge < -0.3 is 5.32 Å². The van der Waals surface area contributed by atoms with Crippen molar-refractivity contribution in [2.75, 3.05) is 5.32 Å². The molecule has 2 nitrogen and oxygen atoms in total. The van der Waals surface area contributed by atoms with Gasteiger partial charge in [-0.05, 0) is 12.1 Å². The summed E-state index contributed by atoms with van der Waals surface area (Å²) in [7, 11) is 0. The van der Waals surface area contributed by atoms with Gasteiger partial charge in [0.15, 0.2) is 0 Å². The molecule has 1 amide bonds. The van der Waals surface area contributed by atoms with Gasteiger partial charge >= 0.3 is 0 Å². The molecule has 0 aliphatic rings. The van der Waals surface area contributed by atoms with Crippen LogP contribution in [0.4, 0.5) is 5.69 Å². The van der Waals surface area contributed by atoms with Crippen LogP contribution in [-0.2, 0) is 4.79 Å². The quantitative estimate of drug-likeness (QED) is 0.797. The predicted molar refractivity (Wildman–Crippen MR) is 60.1 cm³/mol. The largest absolute Gasteiger partial charge is 0.320 e. The van der Waals surface area contributed by atoms with Crippen LogP contribution in [0.2, 0.25) is 10.0 Å². The number of hydrogen-bond donors (Lipinski definition) is 1. The smallest absolute Gasteiger partial charge is 0.266 e. The Balaban J connectivity index is 2.93. The van der Waals surface area contributed by atoms with Crippen molar-refractivity contribution in [1.29, 1.82) is 0 Å². The van der Waals surface area contributed by atoms with E-state index in [1.807, 2.05) is 0 Å². The van der Waals surface area contributed by atoms with Gasteiger partial charge in [0.2, 0.25) is 0 Å². The van der Waals surface area contributed by atoms with Gasteiger partial charge in [0, 0.05) is 0 Å². The zero-order valence-corrected chi connectivity index (χ0v) is 9.25. The number of anilines is 1. The Labute approximate surface area is 96.5 Å². The SMILES string of the molecule is C=C(Cl)C(=O)Nc1cccc(Cl)c1Cl. The van der Waals surface area contributed by atoms with Crippen LogP contribution in [0.15, 0.2) is 29.8 Å². The summed E-state index contributed by atoms with van der Waals surface area (Å²) in [6.07, 6.45) is 0. The molecule has 0 bridgehead atoms. The van der Waals surface area contributed by atoms with Gasteiger partial charge in [-0.15, -0.1) is 0 Å². The first-order valence-corrected chi connectivity index (χ1v) is 4.75. The Morgan fingerprint density at radius 3 is 2.57 bits per heavy atom. The lowest BCUT2D eigenvalue weighted by Gasteiger charge is -2.06. The normalized spacial score (nSPS) is 9.64. The fourth-order valence-electron chi connectivity index (χ4n) is 0.790. The molecule has 0 radical (unpaired) electrons. The molecular weight excluding hydrogens is 244 g/mol. The van der Waals surface area contributed by atoms with E-state index < -0.39 is 5.91 Å². The second kappa shape index (κ2) is 4.69. The van der Waals surface area contributed by atoms with Crippen molar-refractivity contribution in [1.82, 2.24) is 0 Å². The van der Waals surface area contributed by atoms with Crippen LogP contribution in [0.25, 0.3) is 0 Å². The van der Waals surface area contributed by atoms with Crippen LogP contribution in [0, 0.1) is 0 Å². The molecule has 74 valence electrons. The van der Waals surface area contributed by atoms with E-state index in [0.29, 0.717) is 10.7 Å². The van der Waals surface area contributed by atoms with E-state index in [-0.39, 0.29) is 10.1 Å². The van der Waals surface area contributed by atoms with Crippen LogP contribution in [0.3, 0.4) is 0 Å². The van der Waals surface area contributed by atoms with Crippen LogP contribution < -0.4 is 5.32 Å². The fourth-order valence-corrected chi connectivity index (χ4v) is 1.19. The van der Waals surface area contributed by atoms with Crippen molar-refractivity contribution < 1.29 is 4.79 Å². The van der Waals surface area contributed by atoms with Crippen LogP contribution in [-0.4, -0.2) is 5.91 Å². The molecule has 1 aromatic carbocycles. The molecule has 0 heterocycles. The lowest BCUT2D eigenvalue weighted by molar-refractivity contribution is -0.112. The van der Waals surface area contributed by atoms with Crippen molar-refractivity contribution in [3.05, 3.63) is 39.9 Å². The monoisotopic (exact) mass is 249 g/mol. The summed E-state index contributed by atoms with van der Waals surface area (Å²) in [6, 6.07) is 4.90. The van der Waals surface area contributed by atoms with E-state index in [9.17, 15) is 4.79 Å². The van der Waals surface area contributed by atoms with Crippen LogP contribution in [0.5, 0.6) is 0 Å². The number of halogens is 3. The second-order valence-electron chi connectivity index (χ2n) is 2.46. The lowest BCUT2D eigenvalue weighted by atomic mass is 10.3. The first kappa shape index (κ1) is 11.4. The van der Waals surface area contributed by atoms with Gasteiger partial charge in [0.05, 0.1) is 20.8 Å². The van der Waals surface area contributed by atoms with Gasteiger partial charge in [-0.2, -0.15) is 0 Å². The highest BCUT2D eigenvalue weighted by molar-refractivity contribution is 6.46. The lowest BCUT2D eigenvalue weighted by Crippen LogP contribution is -2.10. The minimum Gasteiger partial charge on any atom is -0.320 e. The van der Waals surface area contributed by atoms with Gasteiger partial charge in [-0.1, -0.05) is 47.4 Å². The molecule has 0 aromatic heterocycles.